The molecule has 0 atom stereocenters. The summed E-state index contributed by atoms with van der Waals surface area (Å²) in [6.45, 7) is 1.88. The zero-order chi connectivity index (χ0) is 9.07. The molecular formula is C8H14O4. The first kappa shape index (κ1) is 10.9. The first-order chi connectivity index (χ1) is 5.91. The van der Waals surface area contributed by atoms with E-state index in [9.17, 15) is 9.59 Å². The van der Waals surface area contributed by atoms with Gasteiger partial charge in [0, 0.05) is 0 Å². The summed E-state index contributed by atoms with van der Waals surface area (Å²) in [6, 6.07) is 0. The Bertz CT molecular complexity index is 99.6. The Morgan fingerprint density at radius 3 is 1.50 bits per heavy atom. The Balaban J connectivity index is 2.81. The molecule has 0 heterocycles. The second kappa shape index (κ2) is 9.94. The average Bonchev–Trinajstić information content (AvgIpc) is 2.10. The van der Waals surface area contributed by atoms with E-state index in [4.69, 9.17) is 0 Å². The molecule has 12 heavy (non-hydrogen) atoms. The second-order valence-corrected chi connectivity index (χ2v) is 2.35. The van der Waals surface area contributed by atoms with Crippen LogP contribution in [0.3, 0.4) is 0 Å². The van der Waals surface area contributed by atoms with Crippen molar-refractivity contribution < 1.29 is 19.1 Å². The van der Waals surface area contributed by atoms with Crippen LogP contribution in [0.2, 0.25) is 0 Å². The van der Waals surface area contributed by atoms with E-state index < -0.39 is 0 Å². The maximum atomic E-state index is 9.70. The molecule has 0 spiro atoms. The molecule has 0 saturated heterocycles. The number of rotatable bonds is 9. The van der Waals surface area contributed by atoms with Crippen molar-refractivity contribution in [3.05, 3.63) is 0 Å². The van der Waals surface area contributed by atoms with Gasteiger partial charge in [0.05, 0.1) is 13.2 Å². The summed E-state index contributed by atoms with van der Waals surface area (Å²) >= 11 is 0. The van der Waals surface area contributed by atoms with Crippen molar-refractivity contribution in [3.8, 4) is 0 Å². The Hall–Kier alpha value is -1.06. The monoisotopic (exact) mass is 174 g/mol. The fraction of sp³-hybridized carbons (Fsp3) is 0.750. The van der Waals surface area contributed by atoms with Gasteiger partial charge in [-0.25, -0.2) is 0 Å². The lowest BCUT2D eigenvalue weighted by Gasteiger charge is -1.99. The molecule has 0 unspecified atom stereocenters. The minimum atomic E-state index is 0.454. The third-order valence-corrected chi connectivity index (χ3v) is 1.41. The predicted octanol–water partition coefficient (Wildman–Crippen LogP) is 0.893. The normalized spacial score (nSPS) is 9.00. The van der Waals surface area contributed by atoms with Crippen molar-refractivity contribution >= 4 is 12.9 Å². The first-order valence-electron chi connectivity index (χ1n) is 4.02. The smallest absolute Gasteiger partial charge is 0.293 e. The fourth-order valence-electron chi connectivity index (χ4n) is 0.821. The van der Waals surface area contributed by atoms with Crippen molar-refractivity contribution in [2.45, 2.75) is 25.7 Å². The van der Waals surface area contributed by atoms with Gasteiger partial charge in [-0.2, -0.15) is 0 Å². The van der Waals surface area contributed by atoms with Crippen molar-refractivity contribution in [1.82, 2.24) is 0 Å². The van der Waals surface area contributed by atoms with Crippen LogP contribution in [0.4, 0.5) is 0 Å². The van der Waals surface area contributed by atoms with Gasteiger partial charge < -0.3 is 9.47 Å². The number of ether oxygens (including phenoxy) is 2. The maximum absolute atomic E-state index is 9.70. The minimum Gasteiger partial charge on any atom is -0.468 e. The highest BCUT2D eigenvalue weighted by atomic mass is 16.5. The Morgan fingerprint density at radius 1 is 0.750 bits per heavy atom. The molecular weight excluding hydrogens is 160 g/mol. The third-order valence-electron chi connectivity index (χ3n) is 1.41. The van der Waals surface area contributed by atoms with E-state index in [1.807, 2.05) is 0 Å². The van der Waals surface area contributed by atoms with Gasteiger partial charge in [0.1, 0.15) is 0 Å². The quantitative estimate of drug-likeness (QED) is 0.385. The average molecular weight is 174 g/mol. The van der Waals surface area contributed by atoms with E-state index in [2.05, 4.69) is 9.47 Å². The SMILES string of the molecule is O=COCCCCCCOC=O. The zero-order valence-corrected chi connectivity index (χ0v) is 7.03. The molecule has 0 rings (SSSR count). The van der Waals surface area contributed by atoms with Crippen LogP contribution in [0.5, 0.6) is 0 Å². The first-order valence-corrected chi connectivity index (χ1v) is 4.02. The number of carbonyl (C=O) groups is 2. The largest absolute Gasteiger partial charge is 0.468 e. The lowest BCUT2D eigenvalue weighted by Crippen LogP contribution is -1.94. The molecule has 0 saturated carbocycles. The molecule has 4 nitrogen and oxygen atoms in total. The maximum Gasteiger partial charge on any atom is 0.293 e. The predicted molar refractivity (Wildman–Crippen MR) is 42.5 cm³/mol. The van der Waals surface area contributed by atoms with Crippen LogP contribution in [0.15, 0.2) is 0 Å². The van der Waals surface area contributed by atoms with Gasteiger partial charge in [-0.05, 0) is 25.7 Å². The highest BCUT2D eigenvalue weighted by Crippen LogP contribution is 1.99. The van der Waals surface area contributed by atoms with Gasteiger partial charge in [-0.3, -0.25) is 9.59 Å². The van der Waals surface area contributed by atoms with Crippen LogP contribution < -0.4 is 0 Å². The van der Waals surface area contributed by atoms with E-state index in [-0.39, 0.29) is 0 Å². The Labute approximate surface area is 71.8 Å². The summed E-state index contributed by atoms with van der Waals surface area (Å²) in [5, 5.41) is 0. The molecule has 0 aromatic rings. The van der Waals surface area contributed by atoms with Gasteiger partial charge >= 0.3 is 0 Å². The molecule has 0 bridgehead atoms. The van der Waals surface area contributed by atoms with Gasteiger partial charge in [-0.1, -0.05) is 0 Å². The highest BCUT2D eigenvalue weighted by molar-refractivity contribution is 5.36. The summed E-state index contributed by atoms with van der Waals surface area (Å²) < 4.78 is 8.99. The van der Waals surface area contributed by atoms with Crippen LogP contribution in [0, 0.1) is 0 Å². The van der Waals surface area contributed by atoms with Crippen LogP contribution >= 0.6 is 0 Å². The molecule has 4 heteroatoms. The number of hydrogen-bond donors (Lipinski definition) is 0. The topological polar surface area (TPSA) is 52.6 Å². The molecule has 0 amide bonds. The van der Waals surface area contributed by atoms with Crippen LogP contribution in [-0.4, -0.2) is 26.2 Å². The van der Waals surface area contributed by atoms with Crippen molar-refractivity contribution in [3.63, 3.8) is 0 Å². The number of carbonyl (C=O) groups excluding carboxylic acids is 2. The molecule has 0 aromatic carbocycles. The molecule has 0 radical (unpaired) electrons. The van der Waals surface area contributed by atoms with E-state index in [0.29, 0.717) is 26.2 Å². The zero-order valence-electron chi connectivity index (χ0n) is 7.03. The third kappa shape index (κ3) is 8.94. The lowest BCUT2D eigenvalue weighted by molar-refractivity contribution is -0.129. The molecule has 70 valence electrons. The van der Waals surface area contributed by atoms with E-state index >= 15 is 0 Å². The summed E-state index contributed by atoms with van der Waals surface area (Å²) in [6.07, 6.45) is 3.74. The van der Waals surface area contributed by atoms with Crippen molar-refractivity contribution in [1.29, 1.82) is 0 Å². The Morgan fingerprint density at radius 2 is 1.17 bits per heavy atom. The molecule has 0 N–H and O–H groups in total. The van der Waals surface area contributed by atoms with Crippen LogP contribution in [0.25, 0.3) is 0 Å². The summed E-state index contributed by atoms with van der Waals surface area (Å²) in [4.78, 5) is 19.4. The van der Waals surface area contributed by atoms with E-state index in [1.54, 1.807) is 0 Å². The summed E-state index contributed by atoms with van der Waals surface area (Å²) in [5.74, 6) is 0. The molecule has 0 aliphatic carbocycles. The molecule has 0 aliphatic heterocycles. The number of hydrogen-bond acceptors (Lipinski definition) is 4. The summed E-state index contributed by atoms with van der Waals surface area (Å²) in [7, 11) is 0. The standard InChI is InChI=1S/C8H14O4/c9-7-11-5-3-1-2-4-6-12-8-10/h7-8H,1-6H2. The minimum absolute atomic E-state index is 0.454. The van der Waals surface area contributed by atoms with Crippen LogP contribution in [-0.2, 0) is 19.1 Å². The van der Waals surface area contributed by atoms with E-state index in [0.717, 1.165) is 25.7 Å². The van der Waals surface area contributed by atoms with Gasteiger partial charge in [0.15, 0.2) is 0 Å². The van der Waals surface area contributed by atoms with Gasteiger partial charge in [-0.15, -0.1) is 0 Å². The molecule has 0 aromatic heterocycles. The number of unbranched alkanes of at least 4 members (excludes halogenated alkanes) is 3. The van der Waals surface area contributed by atoms with Gasteiger partial charge in [0.2, 0.25) is 0 Å². The van der Waals surface area contributed by atoms with Crippen molar-refractivity contribution in [2.24, 2.45) is 0 Å². The molecule has 0 aliphatic rings. The van der Waals surface area contributed by atoms with Crippen molar-refractivity contribution in [2.75, 3.05) is 13.2 Å². The van der Waals surface area contributed by atoms with E-state index in [1.165, 1.54) is 0 Å². The highest BCUT2D eigenvalue weighted by Gasteiger charge is 1.90. The lowest BCUT2D eigenvalue weighted by atomic mass is 10.2. The summed E-state index contributed by atoms with van der Waals surface area (Å²) in [5.41, 5.74) is 0. The Kier molecular flexibility index (Phi) is 9.06. The molecule has 0 fully saturated rings. The van der Waals surface area contributed by atoms with Crippen LogP contribution in [0.1, 0.15) is 25.7 Å². The van der Waals surface area contributed by atoms with Gasteiger partial charge in [0.25, 0.3) is 12.9 Å². The fourth-order valence-corrected chi connectivity index (χ4v) is 0.821. The second-order valence-electron chi connectivity index (χ2n) is 2.35.